The van der Waals surface area contributed by atoms with E-state index in [0.29, 0.717) is 22.4 Å². The van der Waals surface area contributed by atoms with Crippen LogP contribution in [0.1, 0.15) is 43.9 Å². The van der Waals surface area contributed by atoms with Crippen molar-refractivity contribution < 1.29 is 13.5 Å². The summed E-state index contributed by atoms with van der Waals surface area (Å²) >= 11 is 0. The Kier molecular flexibility index (Phi) is 5.66. The maximum absolute atomic E-state index is 14.2. The van der Waals surface area contributed by atoms with Crippen molar-refractivity contribution in [3.63, 3.8) is 0 Å². The van der Waals surface area contributed by atoms with Crippen LogP contribution in [0.5, 0.6) is 5.75 Å². The molecule has 0 amide bonds. The quantitative estimate of drug-likeness (QED) is 0.758. The van der Waals surface area contributed by atoms with Gasteiger partial charge in [0, 0.05) is 11.3 Å². The monoisotopic (exact) mass is 356 g/mol. The molecule has 3 nitrogen and oxygen atoms in total. The van der Waals surface area contributed by atoms with Crippen LogP contribution in [0, 0.1) is 28.4 Å². The van der Waals surface area contributed by atoms with Gasteiger partial charge in [0.2, 0.25) is 0 Å². The second-order valence-electron chi connectivity index (χ2n) is 6.68. The number of hydrogen-bond acceptors (Lipinski definition) is 3. The normalized spacial score (nSPS) is 12.3. The summed E-state index contributed by atoms with van der Waals surface area (Å²) in [7, 11) is 1.40. The molecule has 5 heteroatoms. The number of nitrogens with zero attached hydrogens (tertiary/aromatic N) is 1. The van der Waals surface area contributed by atoms with Crippen LogP contribution in [0.25, 0.3) is 11.3 Å². The first kappa shape index (κ1) is 19.5. The SMILES string of the molecule is CCC(C)(C)/C(=C(\N)c1ccc(C#N)c(F)c1)c1ccc(OC)c(F)c1. The van der Waals surface area contributed by atoms with E-state index in [1.807, 2.05) is 20.8 Å². The van der Waals surface area contributed by atoms with E-state index in [4.69, 9.17) is 15.7 Å². The number of ether oxygens (including phenoxy) is 1. The minimum atomic E-state index is -0.637. The van der Waals surface area contributed by atoms with Gasteiger partial charge in [-0.15, -0.1) is 0 Å². The Morgan fingerprint density at radius 2 is 1.73 bits per heavy atom. The van der Waals surface area contributed by atoms with Crippen LogP contribution in [0.4, 0.5) is 8.78 Å². The minimum absolute atomic E-state index is 0.0478. The fraction of sp³-hybridized carbons (Fsp3) is 0.286. The molecule has 2 N–H and O–H groups in total. The predicted molar refractivity (Wildman–Crippen MR) is 99.1 cm³/mol. The molecule has 136 valence electrons. The number of hydrogen-bond donors (Lipinski definition) is 1. The van der Waals surface area contributed by atoms with Crippen LogP contribution in [0.2, 0.25) is 0 Å². The van der Waals surface area contributed by atoms with Crippen LogP contribution < -0.4 is 10.5 Å². The summed E-state index contributed by atoms with van der Waals surface area (Å²) in [6.07, 6.45) is 0.745. The first-order chi connectivity index (χ1) is 12.2. The number of nitrogens with two attached hydrogens (primary N) is 1. The summed E-state index contributed by atoms with van der Waals surface area (Å²) in [4.78, 5) is 0. The summed E-state index contributed by atoms with van der Waals surface area (Å²) in [5.41, 5.74) is 8.09. The van der Waals surface area contributed by atoms with E-state index < -0.39 is 11.6 Å². The van der Waals surface area contributed by atoms with E-state index in [1.54, 1.807) is 24.3 Å². The Labute approximate surface area is 152 Å². The van der Waals surface area contributed by atoms with Crippen LogP contribution in [0.15, 0.2) is 36.4 Å². The molecule has 0 aliphatic heterocycles. The van der Waals surface area contributed by atoms with Gasteiger partial charge in [-0.25, -0.2) is 8.78 Å². The third kappa shape index (κ3) is 3.70. The van der Waals surface area contributed by atoms with Gasteiger partial charge in [-0.2, -0.15) is 5.26 Å². The van der Waals surface area contributed by atoms with Crippen molar-refractivity contribution in [1.29, 1.82) is 5.26 Å². The van der Waals surface area contributed by atoms with Gasteiger partial charge in [0.1, 0.15) is 11.9 Å². The minimum Gasteiger partial charge on any atom is -0.494 e. The van der Waals surface area contributed by atoms with Gasteiger partial charge in [0.25, 0.3) is 0 Å². The third-order valence-electron chi connectivity index (χ3n) is 4.67. The Morgan fingerprint density at radius 1 is 1.12 bits per heavy atom. The number of rotatable bonds is 5. The number of benzene rings is 2. The lowest BCUT2D eigenvalue weighted by atomic mass is 9.76. The Hall–Kier alpha value is -2.87. The molecule has 0 saturated carbocycles. The Bertz CT molecular complexity index is 895. The van der Waals surface area contributed by atoms with Crippen LogP contribution in [-0.4, -0.2) is 7.11 Å². The first-order valence-corrected chi connectivity index (χ1v) is 8.29. The lowest BCUT2D eigenvalue weighted by Gasteiger charge is -2.29. The number of allylic oxidation sites excluding steroid dienone is 1. The Balaban J connectivity index is 2.72. The maximum Gasteiger partial charge on any atom is 0.165 e. The van der Waals surface area contributed by atoms with Crippen molar-refractivity contribution in [3.05, 3.63) is 64.7 Å². The summed E-state index contributed by atoms with van der Waals surface area (Å²) in [6, 6.07) is 10.7. The lowest BCUT2D eigenvalue weighted by Crippen LogP contribution is -2.17. The highest BCUT2D eigenvalue weighted by Crippen LogP contribution is 2.42. The average molecular weight is 356 g/mol. The molecule has 0 heterocycles. The molecule has 0 aromatic heterocycles. The average Bonchev–Trinajstić information content (AvgIpc) is 2.61. The molecular weight excluding hydrogens is 334 g/mol. The molecule has 0 spiro atoms. The molecule has 0 saturated heterocycles. The van der Waals surface area contributed by atoms with E-state index in [1.165, 1.54) is 25.3 Å². The highest BCUT2D eigenvalue weighted by atomic mass is 19.1. The van der Waals surface area contributed by atoms with E-state index >= 15 is 0 Å². The number of nitriles is 1. The molecule has 0 unspecified atom stereocenters. The van der Waals surface area contributed by atoms with Gasteiger partial charge in [-0.1, -0.05) is 32.9 Å². The van der Waals surface area contributed by atoms with Gasteiger partial charge in [-0.3, -0.25) is 0 Å². The fourth-order valence-corrected chi connectivity index (χ4v) is 2.83. The van der Waals surface area contributed by atoms with Crippen molar-refractivity contribution in [2.75, 3.05) is 7.11 Å². The zero-order valence-electron chi connectivity index (χ0n) is 15.4. The van der Waals surface area contributed by atoms with Gasteiger partial charge in [-0.05, 0) is 47.2 Å². The second-order valence-corrected chi connectivity index (χ2v) is 6.68. The molecule has 2 aromatic carbocycles. The van der Waals surface area contributed by atoms with E-state index in [9.17, 15) is 8.78 Å². The molecule has 0 aliphatic rings. The highest BCUT2D eigenvalue weighted by Gasteiger charge is 2.27. The summed E-state index contributed by atoms with van der Waals surface area (Å²) in [5, 5.41) is 8.90. The Morgan fingerprint density at radius 3 is 2.23 bits per heavy atom. The van der Waals surface area contributed by atoms with Crippen molar-refractivity contribution in [2.24, 2.45) is 11.1 Å². The molecular formula is C21H22F2N2O. The zero-order chi connectivity index (χ0) is 19.5. The standard InChI is InChI=1S/C21H22F2N2O/c1-5-21(2,3)19(13-8-9-18(26-4)17(23)10-13)20(25)14-6-7-15(12-24)16(22)11-14/h6-11H,5,25H2,1-4H3/b20-19-. The van der Waals surface area contributed by atoms with Crippen LogP contribution >= 0.6 is 0 Å². The van der Waals surface area contributed by atoms with Crippen LogP contribution in [0.3, 0.4) is 0 Å². The molecule has 0 atom stereocenters. The van der Waals surface area contributed by atoms with Gasteiger partial charge in [0.15, 0.2) is 11.6 Å². The largest absolute Gasteiger partial charge is 0.494 e. The summed E-state index contributed by atoms with van der Waals surface area (Å²) < 4.78 is 33.3. The third-order valence-corrected chi connectivity index (χ3v) is 4.67. The maximum atomic E-state index is 14.2. The molecule has 0 radical (unpaired) electrons. The molecule has 0 aliphatic carbocycles. The van der Waals surface area contributed by atoms with Gasteiger partial charge in [0.05, 0.1) is 12.7 Å². The van der Waals surface area contributed by atoms with Crippen LogP contribution in [-0.2, 0) is 0 Å². The molecule has 2 rings (SSSR count). The number of halogens is 2. The highest BCUT2D eigenvalue weighted by molar-refractivity contribution is 5.91. The second kappa shape index (κ2) is 7.57. The van der Waals surface area contributed by atoms with Gasteiger partial charge >= 0.3 is 0 Å². The predicted octanol–water partition coefficient (Wildman–Crippen LogP) is 5.11. The zero-order valence-corrected chi connectivity index (χ0v) is 15.4. The van der Waals surface area contributed by atoms with Gasteiger partial charge < -0.3 is 10.5 Å². The van der Waals surface area contributed by atoms with E-state index in [0.717, 1.165) is 6.42 Å². The fourth-order valence-electron chi connectivity index (χ4n) is 2.83. The van der Waals surface area contributed by atoms with E-state index in [-0.39, 0.29) is 16.7 Å². The van der Waals surface area contributed by atoms with Crippen molar-refractivity contribution >= 4 is 11.3 Å². The first-order valence-electron chi connectivity index (χ1n) is 8.29. The van der Waals surface area contributed by atoms with Crippen molar-refractivity contribution in [3.8, 4) is 11.8 Å². The lowest BCUT2D eigenvalue weighted by molar-refractivity contribution is 0.386. The topological polar surface area (TPSA) is 59.0 Å². The van der Waals surface area contributed by atoms with Crippen molar-refractivity contribution in [2.45, 2.75) is 27.2 Å². The molecule has 0 fully saturated rings. The summed E-state index contributed by atoms with van der Waals surface area (Å²) in [6.45, 7) is 6.00. The molecule has 26 heavy (non-hydrogen) atoms. The smallest absolute Gasteiger partial charge is 0.165 e. The van der Waals surface area contributed by atoms with Crippen molar-refractivity contribution in [1.82, 2.24) is 0 Å². The summed E-state index contributed by atoms with van der Waals surface area (Å²) in [5.74, 6) is -0.985. The molecule has 0 bridgehead atoms. The number of methoxy groups -OCH3 is 1. The molecule has 2 aromatic rings. The van der Waals surface area contributed by atoms with E-state index in [2.05, 4.69) is 0 Å².